The molecule has 0 radical (unpaired) electrons. The molecule has 1 heterocycles. The van der Waals surface area contributed by atoms with Crippen LogP contribution >= 0.6 is 0 Å². The van der Waals surface area contributed by atoms with Crippen LogP contribution in [0.15, 0.2) is 48.5 Å². The first-order chi connectivity index (χ1) is 13.6. The standard InChI is InChI=1S/C21H22N2O5/c1-2-27-21(26)15-7-9-16(10-8-15)23-20(25)19(24)22-13-18-17-6-4-3-5-14(17)11-12-28-18/h3-10,18H,2,11-13H2,1H3,(H,22,24)(H,23,25)/t18-/m0/s1. The number of hydrogen-bond donors (Lipinski definition) is 2. The van der Waals surface area contributed by atoms with Gasteiger partial charge < -0.3 is 20.1 Å². The summed E-state index contributed by atoms with van der Waals surface area (Å²) in [5.41, 5.74) is 3.01. The van der Waals surface area contributed by atoms with Crippen LogP contribution in [0.2, 0.25) is 0 Å². The molecule has 146 valence electrons. The number of carbonyl (C=O) groups excluding carboxylic acids is 3. The van der Waals surface area contributed by atoms with Crippen molar-refractivity contribution in [1.82, 2.24) is 5.32 Å². The van der Waals surface area contributed by atoms with Gasteiger partial charge in [-0.15, -0.1) is 0 Å². The highest BCUT2D eigenvalue weighted by atomic mass is 16.5. The van der Waals surface area contributed by atoms with Crippen molar-refractivity contribution in [3.05, 3.63) is 65.2 Å². The van der Waals surface area contributed by atoms with Crippen molar-refractivity contribution >= 4 is 23.5 Å². The van der Waals surface area contributed by atoms with Crippen molar-refractivity contribution in [3.8, 4) is 0 Å². The van der Waals surface area contributed by atoms with Crippen LogP contribution in [0.5, 0.6) is 0 Å². The van der Waals surface area contributed by atoms with Crippen molar-refractivity contribution in [3.63, 3.8) is 0 Å². The van der Waals surface area contributed by atoms with Crippen LogP contribution in [0.3, 0.4) is 0 Å². The third kappa shape index (κ3) is 4.75. The molecule has 3 rings (SSSR count). The Balaban J connectivity index is 1.53. The average Bonchev–Trinajstić information content (AvgIpc) is 2.72. The van der Waals surface area contributed by atoms with Crippen LogP contribution in [-0.4, -0.2) is 37.5 Å². The lowest BCUT2D eigenvalue weighted by Crippen LogP contribution is -2.38. The summed E-state index contributed by atoms with van der Waals surface area (Å²) >= 11 is 0. The number of esters is 1. The minimum Gasteiger partial charge on any atom is -0.462 e. The molecule has 2 N–H and O–H groups in total. The number of amides is 2. The normalized spacial score (nSPS) is 15.2. The number of ether oxygens (including phenoxy) is 2. The SMILES string of the molecule is CCOC(=O)c1ccc(NC(=O)C(=O)NC[C@@H]2OCCc3ccccc32)cc1. The Kier molecular flexibility index (Phi) is 6.39. The molecule has 1 aliphatic heterocycles. The molecular formula is C21H22N2O5. The molecular weight excluding hydrogens is 360 g/mol. The molecule has 1 aliphatic rings. The Hall–Kier alpha value is -3.19. The summed E-state index contributed by atoms with van der Waals surface area (Å²) in [6.07, 6.45) is 0.564. The van der Waals surface area contributed by atoms with Gasteiger partial charge in [0.2, 0.25) is 0 Å². The minimum absolute atomic E-state index is 0.213. The largest absolute Gasteiger partial charge is 0.462 e. The van der Waals surface area contributed by atoms with Crippen molar-refractivity contribution < 1.29 is 23.9 Å². The molecule has 0 aliphatic carbocycles. The van der Waals surface area contributed by atoms with E-state index in [1.165, 1.54) is 29.8 Å². The molecule has 0 aromatic heterocycles. The summed E-state index contributed by atoms with van der Waals surface area (Å²) in [4.78, 5) is 35.8. The highest BCUT2D eigenvalue weighted by Gasteiger charge is 2.22. The Bertz CT molecular complexity index is 863. The lowest BCUT2D eigenvalue weighted by Gasteiger charge is -2.26. The van der Waals surface area contributed by atoms with Crippen LogP contribution < -0.4 is 10.6 Å². The fraction of sp³-hybridized carbons (Fsp3) is 0.286. The first-order valence-corrected chi connectivity index (χ1v) is 9.14. The van der Waals surface area contributed by atoms with Gasteiger partial charge in [-0.3, -0.25) is 9.59 Å². The molecule has 0 spiro atoms. The Morgan fingerprint density at radius 1 is 1.07 bits per heavy atom. The van der Waals surface area contributed by atoms with Crippen molar-refractivity contribution in [2.75, 3.05) is 25.1 Å². The van der Waals surface area contributed by atoms with Crippen molar-refractivity contribution in [2.45, 2.75) is 19.4 Å². The maximum Gasteiger partial charge on any atom is 0.338 e. The number of fused-ring (bicyclic) bond motifs is 1. The number of hydrogen-bond acceptors (Lipinski definition) is 5. The van der Waals surface area contributed by atoms with E-state index in [1.54, 1.807) is 6.92 Å². The summed E-state index contributed by atoms with van der Waals surface area (Å²) in [6, 6.07) is 14.0. The van der Waals surface area contributed by atoms with Crippen LogP contribution in [0.4, 0.5) is 5.69 Å². The maximum absolute atomic E-state index is 12.1. The Morgan fingerprint density at radius 3 is 2.57 bits per heavy atom. The van der Waals surface area contributed by atoms with Gasteiger partial charge in [-0.2, -0.15) is 0 Å². The van der Waals surface area contributed by atoms with Gasteiger partial charge in [-0.05, 0) is 48.7 Å². The van der Waals surface area contributed by atoms with Gasteiger partial charge in [-0.1, -0.05) is 24.3 Å². The summed E-state index contributed by atoms with van der Waals surface area (Å²) in [7, 11) is 0. The fourth-order valence-electron chi connectivity index (χ4n) is 3.00. The number of rotatable bonds is 5. The molecule has 0 fully saturated rings. The highest BCUT2D eigenvalue weighted by Crippen LogP contribution is 2.26. The van der Waals surface area contributed by atoms with Gasteiger partial charge in [0.15, 0.2) is 0 Å². The van der Waals surface area contributed by atoms with Crippen LogP contribution in [0.1, 0.15) is 34.5 Å². The Labute approximate surface area is 163 Å². The van der Waals surface area contributed by atoms with Crippen LogP contribution in [-0.2, 0) is 25.5 Å². The second-order valence-corrected chi connectivity index (χ2v) is 6.27. The molecule has 7 heteroatoms. The summed E-state index contributed by atoms with van der Waals surface area (Å²) in [5.74, 6) is -1.97. The van der Waals surface area contributed by atoms with Crippen LogP contribution in [0.25, 0.3) is 0 Å². The van der Waals surface area contributed by atoms with Gasteiger partial charge in [-0.25, -0.2) is 4.79 Å². The zero-order chi connectivity index (χ0) is 19.9. The second-order valence-electron chi connectivity index (χ2n) is 6.27. The lowest BCUT2D eigenvalue weighted by atomic mass is 9.97. The van der Waals surface area contributed by atoms with E-state index in [-0.39, 0.29) is 19.3 Å². The smallest absolute Gasteiger partial charge is 0.338 e. The van der Waals surface area contributed by atoms with E-state index in [0.717, 1.165) is 12.0 Å². The van der Waals surface area contributed by atoms with E-state index in [1.807, 2.05) is 24.3 Å². The first kappa shape index (κ1) is 19.6. The zero-order valence-electron chi connectivity index (χ0n) is 15.6. The van der Waals surface area contributed by atoms with E-state index in [4.69, 9.17) is 9.47 Å². The van der Waals surface area contributed by atoms with Crippen molar-refractivity contribution in [1.29, 1.82) is 0 Å². The monoisotopic (exact) mass is 382 g/mol. The third-order valence-corrected chi connectivity index (χ3v) is 4.40. The molecule has 2 aromatic carbocycles. The van der Waals surface area contributed by atoms with E-state index >= 15 is 0 Å². The summed E-state index contributed by atoms with van der Waals surface area (Å²) < 4.78 is 10.6. The highest BCUT2D eigenvalue weighted by molar-refractivity contribution is 6.39. The van der Waals surface area contributed by atoms with E-state index in [0.29, 0.717) is 17.9 Å². The molecule has 1 atom stereocenters. The molecule has 0 saturated carbocycles. The predicted molar refractivity (Wildman–Crippen MR) is 103 cm³/mol. The number of anilines is 1. The van der Waals surface area contributed by atoms with Gasteiger partial charge in [0.25, 0.3) is 0 Å². The summed E-state index contributed by atoms with van der Waals surface area (Å²) in [5, 5.41) is 5.11. The van der Waals surface area contributed by atoms with Crippen LogP contribution in [0, 0.1) is 0 Å². The van der Waals surface area contributed by atoms with E-state index in [9.17, 15) is 14.4 Å². The third-order valence-electron chi connectivity index (χ3n) is 4.40. The molecule has 0 unspecified atom stereocenters. The zero-order valence-corrected chi connectivity index (χ0v) is 15.6. The molecule has 0 saturated heterocycles. The summed E-state index contributed by atoms with van der Waals surface area (Å²) in [6.45, 7) is 2.80. The number of carbonyl (C=O) groups is 3. The predicted octanol–water partition coefficient (Wildman–Crippen LogP) is 2.23. The Morgan fingerprint density at radius 2 is 1.82 bits per heavy atom. The lowest BCUT2D eigenvalue weighted by molar-refractivity contribution is -0.136. The topological polar surface area (TPSA) is 93.7 Å². The molecule has 28 heavy (non-hydrogen) atoms. The molecule has 7 nitrogen and oxygen atoms in total. The fourth-order valence-corrected chi connectivity index (χ4v) is 3.00. The minimum atomic E-state index is -0.784. The average molecular weight is 382 g/mol. The van der Waals surface area contributed by atoms with Gasteiger partial charge in [0, 0.05) is 12.2 Å². The number of nitrogens with one attached hydrogen (secondary N) is 2. The van der Waals surface area contributed by atoms with Gasteiger partial charge in [0.1, 0.15) is 6.10 Å². The number of benzene rings is 2. The van der Waals surface area contributed by atoms with Gasteiger partial charge in [0.05, 0.1) is 18.8 Å². The van der Waals surface area contributed by atoms with Gasteiger partial charge >= 0.3 is 17.8 Å². The maximum atomic E-state index is 12.1. The molecule has 2 amide bonds. The molecule has 2 aromatic rings. The van der Waals surface area contributed by atoms with Crippen molar-refractivity contribution in [2.24, 2.45) is 0 Å². The quantitative estimate of drug-likeness (QED) is 0.611. The van der Waals surface area contributed by atoms with E-state index < -0.39 is 17.8 Å². The van der Waals surface area contributed by atoms with E-state index in [2.05, 4.69) is 10.6 Å². The second kappa shape index (κ2) is 9.14. The first-order valence-electron chi connectivity index (χ1n) is 9.14. The molecule has 0 bridgehead atoms.